The molecule has 8 nitrogen and oxygen atoms in total. The van der Waals surface area contributed by atoms with Crippen LogP contribution < -0.4 is 0 Å². The average molecular weight is 449 g/mol. The maximum Gasteiger partial charge on any atom is 0.310 e. The number of ketones is 3. The Balaban J connectivity index is -0.000000384. The largest absolute Gasteiger partial charge is 0.481 e. The molecule has 0 unspecified atom stereocenters. The van der Waals surface area contributed by atoms with E-state index in [1.54, 1.807) is 41.7 Å². The van der Waals surface area contributed by atoms with Crippen molar-refractivity contribution in [3.8, 4) is 0 Å². The monoisotopic (exact) mass is 448 g/mol. The van der Waals surface area contributed by atoms with E-state index in [4.69, 9.17) is 19.7 Å². The van der Waals surface area contributed by atoms with Gasteiger partial charge in [-0.2, -0.15) is 0 Å². The molecule has 0 fully saturated rings. The summed E-state index contributed by atoms with van der Waals surface area (Å²) in [6.45, 7) is 18.6. The van der Waals surface area contributed by atoms with Gasteiger partial charge in [0.2, 0.25) is 0 Å². The molecular weight excluding hydrogens is 404 g/mol. The molecule has 0 aromatic heterocycles. The van der Waals surface area contributed by atoms with Crippen molar-refractivity contribution in [1.29, 1.82) is 0 Å². The highest BCUT2D eigenvalue weighted by Crippen LogP contribution is 2.16. The second kappa shape index (κ2) is 15.2. The van der Waals surface area contributed by atoms with Crippen LogP contribution in [0.2, 0.25) is 0 Å². The summed E-state index contributed by atoms with van der Waals surface area (Å²) >= 11 is 0. The third kappa shape index (κ3) is 21.4. The van der Waals surface area contributed by atoms with Gasteiger partial charge in [0.05, 0.1) is 13.2 Å². The molecule has 2 N–H and O–H groups in total. The molecule has 0 bridgehead atoms. The van der Waals surface area contributed by atoms with Crippen molar-refractivity contribution >= 4 is 23.3 Å². The zero-order valence-electron chi connectivity index (χ0n) is 21.2. The first-order valence-electron chi connectivity index (χ1n) is 10.3. The molecule has 0 heterocycles. The van der Waals surface area contributed by atoms with Crippen LogP contribution in [-0.4, -0.2) is 66.1 Å². The van der Waals surface area contributed by atoms with Gasteiger partial charge in [0.25, 0.3) is 0 Å². The first-order chi connectivity index (χ1) is 13.7. The lowest BCUT2D eigenvalue weighted by molar-refractivity contribution is -0.142. The summed E-state index contributed by atoms with van der Waals surface area (Å²) in [6.07, 6.45) is -0.372. The van der Waals surface area contributed by atoms with Gasteiger partial charge in [0, 0.05) is 23.9 Å². The van der Waals surface area contributed by atoms with Crippen molar-refractivity contribution in [2.45, 2.75) is 81.3 Å². The van der Waals surface area contributed by atoms with E-state index in [1.807, 2.05) is 20.8 Å². The fraction of sp³-hybridized carbons (Fsp3) is 0.826. The van der Waals surface area contributed by atoms with Crippen molar-refractivity contribution in [2.75, 3.05) is 26.9 Å². The molecule has 0 aliphatic carbocycles. The lowest BCUT2D eigenvalue weighted by Crippen LogP contribution is -2.34. The van der Waals surface area contributed by atoms with Crippen LogP contribution in [0.15, 0.2) is 0 Å². The Morgan fingerprint density at radius 2 is 1.23 bits per heavy atom. The summed E-state index contributed by atoms with van der Waals surface area (Å²) in [4.78, 5) is 43.1. The predicted octanol–water partition coefficient (Wildman–Crippen LogP) is 3.32. The first kappa shape index (κ1) is 34.0. The first-order valence-corrected chi connectivity index (χ1v) is 10.3. The van der Waals surface area contributed by atoms with Crippen molar-refractivity contribution < 1.29 is 38.9 Å². The van der Waals surface area contributed by atoms with Gasteiger partial charge in [-0.05, 0) is 13.8 Å². The molecule has 184 valence electrons. The topological polar surface area (TPSA) is 127 Å². The Morgan fingerprint density at radius 1 is 0.806 bits per heavy atom. The van der Waals surface area contributed by atoms with Gasteiger partial charge in [-0.15, -0.1) is 0 Å². The number of carboxylic acids is 1. The number of rotatable bonds is 9. The quantitative estimate of drug-likeness (QED) is 0.406. The molecule has 0 atom stereocenters. The van der Waals surface area contributed by atoms with E-state index in [0.29, 0.717) is 13.2 Å². The van der Waals surface area contributed by atoms with E-state index >= 15 is 0 Å². The highest BCUT2D eigenvalue weighted by atomic mass is 16.5. The van der Waals surface area contributed by atoms with Gasteiger partial charge < -0.3 is 19.7 Å². The fourth-order valence-electron chi connectivity index (χ4n) is 1.63. The number of aliphatic hydroxyl groups is 1. The number of Topliss-reactive ketones (excluding diaryl/α,β-unsaturated/α-hetero) is 3. The molecule has 8 heteroatoms. The number of hydrogen-bond acceptors (Lipinski definition) is 7. The van der Waals surface area contributed by atoms with Crippen LogP contribution in [-0.2, 0) is 28.7 Å². The van der Waals surface area contributed by atoms with Crippen LogP contribution >= 0.6 is 0 Å². The summed E-state index contributed by atoms with van der Waals surface area (Å²) in [7, 11) is 1.61. The minimum Gasteiger partial charge on any atom is -0.481 e. The van der Waals surface area contributed by atoms with E-state index < -0.39 is 17.0 Å². The number of methoxy groups -OCH3 is 1. The van der Waals surface area contributed by atoms with Gasteiger partial charge in [0.15, 0.2) is 11.6 Å². The maximum atomic E-state index is 11.3. The summed E-state index contributed by atoms with van der Waals surface area (Å²) in [5.74, 6) is -1.36. The van der Waals surface area contributed by atoms with Crippen LogP contribution in [0, 0.1) is 16.7 Å². The summed E-state index contributed by atoms with van der Waals surface area (Å²) in [5, 5.41) is 17.3. The Morgan fingerprint density at radius 3 is 1.42 bits per heavy atom. The number of carbonyl (C=O) groups excluding carboxylic acids is 3. The molecule has 0 aromatic rings. The zero-order valence-corrected chi connectivity index (χ0v) is 21.2. The molecule has 0 rings (SSSR count). The number of aliphatic carboxylic acids is 1. The number of carboxylic acid groups (broad SMARTS) is 1. The molecule has 0 saturated carbocycles. The van der Waals surface area contributed by atoms with E-state index in [0.717, 1.165) is 0 Å². The smallest absolute Gasteiger partial charge is 0.310 e. The van der Waals surface area contributed by atoms with E-state index in [9.17, 15) is 19.2 Å². The van der Waals surface area contributed by atoms with Crippen LogP contribution in [0.5, 0.6) is 0 Å². The highest BCUT2D eigenvalue weighted by molar-refractivity contribution is 5.97. The van der Waals surface area contributed by atoms with Gasteiger partial charge in [-0.25, -0.2) is 0 Å². The summed E-state index contributed by atoms with van der Waals surface area (Å²) in [6, 6.07) is 0. The lowest BCUT2D eigenvalue weighted by Gasteiger charge is -2.17. The molecule has 0 amide bonds. The molecule has 0 spiro atoms. The maximum absolute atomic E-state index is 11.3. The highest BCUT2D eigenvalue weighted by Gasteiger charge is 2.25. The lowest BCUT2D eigenvalue weighted by atomic mass is 9.89. The summed E-state index contributed by atoms with van der Waals surface area (Å²) < 4.78 is 9.86. The molecule has 31 heavy (non-hydrogen) atoms. The Bertz CT molecular complexity index is 558. The third-order valence-corrected chi connectivity index (χ3v) is 3.78. The van der Waals surface area contributed by atoms with Crippen LogP contribution in [0.4, 0.5) is 0 Å². The van der Waals surface area contributed by atoms with Crippen molar-refractivity contribution in [3.63, 3.8) is 0 Å². The molecule has 0 aliphatic rings. The Kier molecular flexibility index (Phi) is 16.7. The molecule has 0 aromatic carbocycles. The number of hydrogen-bond donors (Lipinski definition) is 2. The normalized spacial score (nSPS) is 11.6. The standard InChI is InChI=1S/C9H18O3.C7H12O3.C7H14O2/c1-9(2,3)8(10)7-12-6-5-11-4;1-7(2,3)5(8)4-6(9)10;1-5(2)6(8)7(3,4)9/h5-7H2,1-4H3;4H2,1-3H3,(H,9,10);5,9H,1-4H3. The SMILES string of the molecule is CC(C)(C)C(=O)CC(=O)O.CC(C)C(=O)C(C)(C)O.COCCOCC(=O)C(C)(C)C. The summed E-state index contributed by atoms with van der Waals surface area (Å²) in [5.41, 5.74) is -1.99. The third-order valence-electron chi connectivity index (χ3n) is 3.78. The minimum absolute atomic E-state index is 0.0787. The number of carbonyl (C=O) groups is 4. The van der Waals surface area contributed by atoms with Crippen LogP contribution in [0.3, 0.4) is 0 Å². The van der Waals surface area contributed by atoms with E-state index in [2.05, 4.69) is 0 Å². The molecular formula is C23H44O8. The molecule has 0 aliphatic heterocycles. The van der Waals surface area contributed by atoms with Gasteiger partial charge in [0.1, 0.15) is 24.4 Å². The van der Waals surface area contributed by atoms with E-state index in [-0.39, 0.29) is 41.7 Å². The predicted molar refractivity (Wildman–Crippen MR) is 120 cm³/mol. The van der Waals surface area contributed by atoms with Gasteiger partial charge in [-0.1, -0.05) is 55.4 Å². The van der Waals surface area contributed by atoms with Crippen molar-refractivity contribution in [3.05, 3.63) is 0 Å². The second-order valence-electron chi connectivity index (χ2n) is 10.0. The number of ether oxygens (including phenoxy) is 2. The van der Waals surface area contributed by atoms with Crippen molar-refractivity contribution in [2.24, 2.45) is 16.7 Å². The Labute approximate surface area is 187 Å². The van der Waals surface area contributed by atoms with Gasteiger partial charge >= 0.3 is 5.97 Å². The fourth-order valence-corrected chi connectivity index (χ4v) is 1.63. The average Bonchev–Trinajstić information content (AvgIpc) is 2.55. The molecule has 0 saturated heterocycles. The van der Waals surface area contributed by atoms with Gasteiger partial charge in [-0.3, -0.25) is 19.2 Å². The second-order valence-corrected chi connectivity index (χ2v) is 10.0. The van der Waals surface area contributed by atoms with Crippen molar-refractivity contribution in [1.82, 2.24) is 0 Å². The molecule has 0 radical (unpaired) electrons. The van der Waals surface area contributed by atoms with E-state index in [1.165, 1.54) is 13.8 Å². The van der Waals surface area contributed by atoms with Crippen LogP contribution in [0.25, 0.3) is 0 Å². The van der Waals surface area contributed by atoms with Crippen LogP contribution in [0.1, 0.15) is 75.7 Å². The minimum atomic E-state index is -1.16. The Hall–Kier alpha value is -1.64. The zero-order chi connectivity index (χ0) is 25.6.